The van der Waals surface area contributed by atoms with Crippen LogP contribution in [0.2, 0.25) is 0 Å². The highest BCUT2D eigenvalue weighted by Crippen LogP contribution is 2.18. The predicted molar refractivity (Wildman–Crippen MR) is 93.4 cm³/mol. The van der Waals surface area contributed by atoms with Gasteiger partial charge in [-0.05, 0) is 42.5 Å². The van der Waals surface area contributed by atoms with E-state index in [4.69, 9.17) is 0 Å². The number of nitrogens with zero attached hydrogens (tertiary/aromatic N) is 2. The minimum atomic E-state index is -0.285. The molecule has 1 fully saturated rings. The van der Waals surface area contributed by atoms with Crippen molar-refractivity contribution >= 4 is 22.6 Å². The van der Waals surface area contributed by atoms with E-state index in [1.165, 1.54) is 12.1 Å². The number of carbonyl (C=O) groups excluding carboxylic acids is 1. The molecule has 2 heterocycles. The molecule has 0 spiro atoms. The highest BCUT2D eigenvalue weighted by Gasteiger charge is 2.22. The number of nitrogens with one attached hydrogen (secondary N) is 2. The molecule has 1 amide bonds. The van der Waals surface area contributed by atoms with Gasteiger partial charge in [0.25, 0.3) is 5.91 Å². The number of H-pyrrole nitrogens is 2. The minimum Gasteiger partial charge on any atom is -0.368 e. The summed E-state index contributed by atoms with van der Waals surface area (Å²) in [5.41, 5.74) is 2.54. The number of rotatable bonds is 2. The number of halogens is 1. The Morgan fingerprint density at radius 1 is 0.920 bits per heavy atom. The first-order valence-electron chi connectivity index (χ1n) is 8.12. The van der Waals surface area contributed by atoms with Gasteiger partial charge in [0.2, 0.25) is 0 Å². The smallest absolute Gasteiger partial charge is 0.323 e. The molecule has 4 rings (SSSR count). The first kappa shape index (κ1) is 15.4. The highest BCUT2D eigenvalue weighted by atomic mass is 19.1. The van der Waals surface area contributed by atoms with Gasteiger partial charge in [0, 0.05) is 37.4 Å². The van der Waals surface area contributed by atoms with Gasteiger partial charge < -0.3 is 19.8 Å². The maximum Gasteiger partial charge on any atom is 0.323 e. The van der Waals surface area contributed by atoms with Gasteiger partial charge in [-0.25, -0.2) is 9.18 Å². The average molecular weight is 340 g/mol. The number of hydrogen-bond acceptors (Lipinski definition) is 3. The van der Waals surface area contributed by atoms with Crippen molar-refractivity contribution in [3.63, 3.8) is 0 Å². The number of anilines is 1. The lowest BCUT2D eigenvalue weighted by molar-refractivity contribution is 0.0747. The monoisotopic (exact) mass is 340 g/mol. The summed E-state index contributed by atoms with van der Waals surface area (Å²) in [6.45, 7) is 2.58. The van der Waals surface area contributed by atoms with Gasteiger partial charge in [0.1, 0.15) is 5.82 Å². The van der Waals surface area contributed by atoms with Crippen LogP contribution in [-0.4, -0.2) is 47.0 Å². The van der Waals surface area contributed by atoms with Crippen molar-refractivity contribution in [2.24, 2.45) is 0 Å². The van der Waals surface area contributed by atoms with Crippen molar-refractivity contribution in [3.05, 3.63) is 64.3 Å². The van der Waals surface area contributed by atoms with E-state index in [0.717, 1.165) is 5.69 Å². The van der Waals surface area contributed by atoms with Crippen LogP contribution in [0.25, 0.3) is 11.0 Å². The van der Waals surface area contributed by atoms with Gasteiger partial charge in [-0.1, -0.05) is 0 Å². The highest BCUT2D eigenvalue weighted by molar-refractivity contribution is 5.97. The van der Waals surface area contributed by atoms with Crippen LogP contribution in [0, 0.1) is 5.82 Å². The third-order valence-electron chi connectivity index (χ3n) is 4.52. The molecule has 0 aliphatic carbocycles. The maximum absolute atomic E-state index is 13.0. The molecule has 7 heteroatoms. The van der Waals surface area contributed by atoms with E-state index in [2.05, 4.69) is 14.9 Å². The van der Waals surface area contributed by atoms with Crippen molar-refractivity contribution in [1.29, 1.82) is 0 Å². The van der Waals surface area contributed by atoms with Crippen LogP contribution in [0.15, 0.2) is 47.3 Å². The second-order valence-electron chi connectivity index (χ2n) is 6.10. The molecular formula is C18H17FN4O2. The Morgan fingerprint density at radius 3 is 2.32 bits per heavy atom. The molecule has 0 radical (unpaired) electrons. The summed E-state index contributed by atoms with van der Waals surface area (Å²) in [5, 5.41) is 0. The Bertz CT molecular complexity index is 969. The fourth-order valence-corrected chi connectivity index (χ4v) is 3.17. The van der Waals surface area contributed by atoms with Crippen LogP contribution in [0.3, 0.4) is 0 Å². The number of aromatic amines is 2. The van der Waals surface area contributed by atoms with Crippen LogP contribution in [-0.2, 0) is 0 Å². The molecule has 6 nitrogen and oxygen atoms in total. The Labute approximate surface area is 142 Å². The Kier molecular flexibility index (Phi) is 3.76. The molecule has 2 N–H and O–H groups in total. The predicted octanol–water partition coefficient (Wildman–Crippen LogP) is 1.96. The van der Waals surface area contributed by atoms with E-state index >= 15 is 0 Å². The van der Waals surface area contributed by atoms with E-state index < -0.39 is 0 Å². The Morgan fingerprint density at radius 2 is 1.60 bits per heavy atom. The largest absolute Gasteiger partial charge is 0.368 e. The third-order valence-corrected chi connectivity index (χ3v) is 4.52. The number of fused-ring (bicyclic) bond motifs is 1. The lowest BCUT2D eigenvalue weighted by Gasteiger charge is -2.36. The molecule has 0 atom stereocenters. The molecule has 1 aliphatic rings. The van der Waals surface area contributed by atoms with Crippen molar-refractivity contribution in [3.8, 4) is 0 Å². The van der Waals surface area contributed by atoms with E-state index in [9.17, 15) is 14.0 Å². The third kappa shape index (κ3) is 3.00. The number of amides is 1. The van der Waals surface area contributed by atoms with Gasteiger partial charge in [0.15, 0.2) is 0 Å². The van der Waals surface area contributed by atoms with Crippen LogP contribution in [0.4, 0.5) is 10.1 Å². The standard InChI is InChI=1S/C18H17FN4O2/c19-13-2-4-14(5-3-13)22-7-9-23(10-8-22)17(24)12-1-6-15-16(11-12)21-18(25)20-15/h1-6,11H,7-10H2,(H2,20,21,25). The Hall–Kier alpha value is -3.09. The zero-order chi connectivity index (χ0) is 17.4. The quantitative estimate of drug-likeness (QED) is 0.749. The van der Waals surface area contributed by atoms with Gasteiger partial charge >= 0.3 is 5.69 Å². The zero-order valence-corrected chi connectivity index (χ0v) is 13.5. The van der Waals surface area contributed by atoms with Gasteiger partial charge in [-0.3, -0.25) is 4.79 Å². The number of carbonyl (C=O) groups is 1. The van der Waals surface area contributed by atoms with Crippen molar-refractivity contribution in [1.82, 2.24) is 14.9 Å². The molecule has 1 aliphatic heterocycles. The van der Waals surface area contributed by atoms with Gasteiger partial charge in [0.05, 0.1) is 11.0 Å². The van der Waals surface area contributed by atoms with Crippen LogP contribution in [0.5, 0.6) is 0 Å². The van der Waals surface area contributed by atoms with E-state index in [1.807, 2.05) is 0 Å². The summed E-state index contributed by atoms with van der Waals surface area (Å²) in [7, 11) is 0. The summed E-state index contributed by atoms with van der Waals surface area (Å²) in [5.74, 6) is -0.307. The number of aromatic nitrogens is 2. The molecule has 25 heavy (non-hydrogen) atoms. The number of hydrogen-bond donors (Lipinski definition) is 2. The second-order valence-corrected chi connectivity index (χ2v) is 6.10. The SMILES string of the molecule is O=C(c1ccc2[nH]c(=O)[nH]c2c1)N1CCN(c2ccc(F)cc2)CC1. The second kappa shape index (κ2) is 6.08. The van der Waals surface area contributed by atoms with Crippen molar-refractivity contribution < 1.29 is 9.18 Å². The lowest BCUT2D eigenvalue weighted by Crippen LogP contribution is -2.48. The molecule has 0 bridgehead atoms. The molecule has 1 saturated heterocycles. The number of imidazole rings is 1. The number of piperazine rings is 1. The van der Waals surface area contributed by atoms with Gasteiger partial charge in [-0.2, -0.15) is 0 Å². The maximum atomic E-state index is 13.0. The topological polar surface area (TPSA) is 72.2 Å². The van der Waals surface area contributed by atoms with Crippen LogP contribution >= 0.6 is 0 Å². The summed E-state index contributed by atoms with van der Waals surface area (Å²) < 4.78 is 13.0. The minimum absolute atomic E-state index is 0.0531. The van der Waals surface area contributed by atoms with Crippen molar-refractivity contribution in [2.45, 2.75) is 0 Å². The summed E-state index contributed by atoms with van der Waals surface area (Å²) in [4.78, 5) is 33.3. The molecule has 0 saturated carbocycles. The van der Waals surface area contributed by atoms with Crippen molar-refractivity contribution in [2.75, 3.05) is 31.1 Å². The molecule has 0 unspecified atom stereocenters. The zero-order valence-electron chi connectivity index (χ0n) is 13.5. The fraction of sp³-hybridized carbons (Fsp3) is 0.222. The summed E-state index contributed by atoms with van der Waals surface area (Å²) >= 11 is 0. The lowest BCUT2D eigenvalue weighted by atomic mass is 10.1. The normalized spacial score (nSPS) is 14.9. The fourth-order valence-electron chi connectivity index (χ4n) is 3.17. The summed E-state index contributed by atoms with van der Waals surface area (Å²) in [6.07, 6.45) is 0. The molecule has 3 aromatic rings. The molecule has 2 aromatic carbocycles. The average Bonchev–Trinajstić information content (AvgIpc) is 3.01. The first-order valence-corrected chi connectivity index (χ1v) is 8.12. The number of benzene rings is 2. The Balaban J connectivity index is 1.46. The van der Waals surface area contributed by atoms with E-state index in [0.29, 0.717) is 42.8 Å². The van der Waals surface area contributed by atoms with E-state index in [-0.39, 0.29) is 17.4 Å². The first-order chi connectivity index (χ1) is 12.1. The molecule has 1 aromatic heterocycles. The van der Waals surface area contributed by atoms with Crippen LogP contribution < -0.4 is 10.6 Å². The molecular weight excluding hydrogens is 323 g/mol. The van der Waals surface area contributed by atoms with Crippen LogP contribution in [0.1, 0.15) is 10.4 Å². The van der Waals surface area contributed by atoms with Gasteiger partial charge in [-0.15, -0.1) is 0 Å². The molecule has 128 valence electrons. The van der Waals surface area contributed by atoms with E-state index in [1.54, 1.807) is 35.2 Å². The summed E-state index contributed by atoms with van der Waals surface area (Å²) in [6, 6.07) is 11.5.